The van der Waals surface area contributed by atoms with Crippen LogP contribution in [0.5, 0.6) is 5.75 Å². The monoisotopic (exact) mass is 353 g/mol. The van der Waals surface area contributed by atoms with E-state index < -0.39 is 9.84 Å². The van der Waals surface area contributed by atoms with Gasteiger partial charge in [0.2, 0.25) is 0 Å². The summed E-state index contributed by atoms with van der Waals surface area (Å²) in [4.78, 5) is 15.4. The summed E-state index contributed by atoms with van der Waals surface area (Å²) in [6, 6.07) is 7.86. The van der Waals surface area contributed by atoms with Crippen molar-refractivity contribution in [1.29, 1.82) is 0 Å². The van der Waals surface area contributed by atoms with Crippen LogP contribution in [0.2, 0.25) is 0 Å². The number of ether oxygens (including phenoxy) is 1. The van der Waals surface area contributed by atoms with Gasteiger partial charge in [-0.2, -0.15) is 0 Å². The average molecular weight is 353 g/mol. The van der Waals surface area contributed by atoms with Crippen LogP contribution in [0.25, 0.3) is 0 Å². The molecule has 0 bridgehead atoms. The Morgan fingerprint density at radius 3 is 2.71 bits per heavy atom. The van der Waals surface area contributed by atoms with Crippen molar-refractivity contribution in [1.82, 2.24) is 4.90 Å². The number of carbonyl (C=O) groups excluding carboxylic acids is 1. The third-order valence-electron chi connectivity index (χ3n) is 4.92. The molecule has 1 amide bonds. The molecule has 0 aromatic heterocycles. The van der Waals surface area contributed by atoms with Crippen LogP contribution in [-0.2, 0) is 14.6 Å². The minimum absolute atomic E-state index is 0.00500. The summed E-state index contributed by atoms with van der Waals surface area (Å²) in [6.45, 7) is 5.01. The number of aryl methyl sites for hydroxylation is 1. The second-order valence-electron chi connectivity index (χ2n) is 6.74. The molecule has 2 saturated heterocycles. The molecule has 2 heterocycles. The Balaban J connectivity index is 1.45. The molecular formula is C17H25N2O4S+. The Labute approximate surface area is 143 Å². The van der Waals surface area contributed by atoms with Crippen molar-refractivity contribution < 1.29 is 22.8 Å². The fraction of sp³-hybridized carbons (Fsp3) is 0.588. The SMILES string of the molecule is Cc1cccc(OCC(=O)N2CC[NH+]([C@@H]3CCS(=O)(=O)C3)CC2)c1. The second kappa shape index (κ2) is 7.11. The number of amides is 1. The molecule has 2 fully saturated rings. The molecule has 2 aliphatic rings. The number of piperazine rings is 1. The maximum atomic E-state index is 12.3. The summed E-state index contributed by atoms with van der Waals surface area (Å²) in [5.41, 5.74) is 1.10. The first kappa shape index (κ1) is 17.2. The lowest BCUT2D eigenvalue weighted by Gasteiger charge is -2.34. The summed E-state index contributed by atoms with van der Waals surface area (Å²) in [5, 5.41) is 0. The molecule has 0 spiro atoms. The van der Waals surface area contributed by atoms with E-state index >= 15 is 0 Å². The fourth-order valence-electron chi connectivity index (χ4n) is 3.51. The van der Waals surface area contributed by atoms with Crippen LogP contribution in [0.3, 0.4) is 0 Å². The molecule has 1 aromatic rings. The number of rotatable bonds is 4. The number of carbonyl (C=O) groups is 1. The van der Waals surface area contributed by atoms with Crippen molar-refractivity contribution >= 4 is 15.7 Å². The van der Waals surface area contributed by atoms with Gasteiger partial charge in [0.05, 0.1) is 31.9 Å². The highest BCUT2D eigenvalue weighted by molar-refractivity contribution is 7.91. The molecule has 0 saturated carbocycles. The molecule has 132 valence electrons. The van der Waals surface area contributed by atoms with E-state index in [9.17, 15) is 13.2 Å². The van der Waals surface area contributed by atoms with Gasteiger partial charge in [-0.3, -0.25) is 4.79 Å². The normalized spacial score (nSPS) is 24.0. The highest BCUT2D eigenvalue weighted by Gasteiger charge is 2.37. The highest BCUT2D eigenvalue weighted by Crippen LogP contribution is 2.12. The average Bonchev–Trinajstić information content (AvgIpc) is 2.93. The van der Waals surface area contributed by atoms with Gasteiger partial charge in [0.1, 0.15) is 17.5 Å². The Hall–Kier alpha value is -1.60. The zero-order valence-electron chi connectivity index (χ0n) is 14.0. The predicted molar refractivity (Wildman–Crippen MR) is 91.0 cm³/mol. The number of nitrogens with one attached hydrogen (secondary N) is 1. The van der Waals surface area contributed by atoms with Crippen LogP contribution in [0.1, 0.15) is 12.0 Å². The lowest BCUT2D eigenvalue weighted by Crippen LogP contribution is -3.18. The van der Waals surface area contributed by atoms with Gasteiger partial charge in [0.15, 0.2) is 16.4 Å². The summed E-state index contributed by atoms with van der Waals surface area (Å²) in [6.07, 6.45) is 0.752. The molecule has 1 aromatic carbocycles. The minimum Gasteiger partial charge on any atom is -0.484 e. The van der Waals surface area contributed by atoms with Crippen LogP contribution in [0, 0.1) is 6.92 Å². The highest BCUT2D eigenvalue weighted by atomic mass is 32.2. The van der Waals surface area contributed by atoms with Crippen molar-refractivity contribution in [3.8, 4) is 5.75 Å². The maximum absolute atomic E-state index is 12.3. The second-order valence-corrected chi connectivity index (χ2v) is 8.97. The molecule has 3 rings (SSSR count). The van der Waals surface area contributed by atoms with Gasteiger partial charge >= 0.3 is 0 Å². The number of nitrogens with zero attached hydrogens (tertiary/aromatic N) is 1. The van der Waals surface area contributed by atoms with E-state index in [1.807, 2.05) is 36.1 Å². The summed E-state index contributed by atoms with van der Waals surface area (Å²) in [5.74, 6) is 1.32. The van der Waals surface area contributed by atoms with Gasteiger partial charge < -0.3 is 14.5 Å². The molecule has 0 aliphatic carbocycles. The van der Waals surface area contributed by atoms with E-state index in [4.69, 9.17) is 4.74 Å². The van der Waals surface area contributed by atoms with Gasteiger partial charge in [-0.05, 0) is 24.6 Å². The van der Waals surface area contributed by atoms with Crippen LogP contribution in [0.15, 0.2) is 24.3 Å². The summed E-state index contributed by atoms with van der Waals surface area (Å²) in [7, 11) is -2.84. The number of quaternary nitrogens is 1. The Morgan fingerprint density at radius 2 is 2.08 bits per heavy atom. The van der Waals surface area contributed by atoms with Gasteiger partial charge in [-0.15, -0.1) is 0 Å². The van der Waals surface area contributed by atoms with Gasteiger partial charge in [0.25, 0.3) is 5.91 Å². The lowest BCUT2D eigenvalue weighted by atomic mass is 10.2. The van der Waals surface area contributed by atoms with E-state index in [0.717, 1.165) is 25.1 Å². The molecule has 24 heavy (non-hydrogen) atoms. The van der Waals surface area contributed by atoms with Crippen molar-refractivity contribution in [2.45, 2.75) is 19.4 Å². The van der Waals surface area contributed by atoms with Crippen molar-refractivity contribution in [3.63, 3.8) is 0 Å². The summed E-state index contributed by atoms with van der Waals surface area (Å²) >= 11 is 0. The van der Waals surface area contributed by atoms with Gasteiger partial charge in [-0.1, -0.05) is 12.1 Å². The van der Waals surface area contributed by atoms with E-state index in [1.54, 1.807) is 0 Å². The van der Waals surface area contributed by atoms with Crippen molar-refractivity contribution in [2.75, 3.05) is 44.3 Å². The molecule has 1 atom stereocenters. The number of sulfone groups is 1. The Morgan fingerprint density at radius 1 is 1.33 bits per heavy atom. The first-order valence-corrected chi connectivity index (χ1v) is 10.3. The zero-order valence-corrected chi connectivity index (χ0v) is 14.8. The standard InChI is InChI=1S/C17H24N2O4S/c1-14-3-2-4-16(11-14)23-12-17(20)19-8-6-18(7-9-19)15-5-10-24(21,22)13-15/h2-4,11,15H,5-10,12-13H2,1H3/p+1/t15-/m1/s1. The third-order valence-corrected chi connectivity index (χ3v) is 6.69. The Kier molecular flexibility index (Phi) is 5.10. The third kappa shape index (κ3) is 4.27. The first-order valence-electron chi connectivity index (χ1n) is 8.45. The van der Waals surface area contributed by atoms with Crippen molar-refractivity contribution in [3.05, 3.63) is 29.8 Å². The first-order chi connectivity index (χ1) is 11.4. The van der Waals surface area contributed by atoms with Crippen LogP contribution < -0.4 is 9.64 Å². The molecule has 1 N–H and O–H groups in total. The molecule has 7 heteroatoms. The van der Waals surface area contributed by atoms with Crippen LogP contribution >= 0.6 is 0 Å². The maximum Gasteiger partial charge on any atom is 0.260 e. The summed E-state index contributed by atoms with van der Waals surface area (Å²) < 4.78 is 28.8. The predicted octanol–water partition coefficient (Wildman–Crippen LogP) is -0.712. The van der Waals surface area contributed by atoms with Gasteiger partial charge in [0, 0.05) is 6.42 Å². The van der Waals surface area contributed by atoms with E-state index in [2.05, 4.69) is 0 Å². The molecule has 2 aliphatic heterocycles. The molecule has 6 nitrogen and oxygen atoms in total. The van der Waals surface area contributed by atoms with E-state index in [1.165, 1.54) is 4.90 Å². The fourth-order valence-corrected chi connectivity index (χ4v) is 5.34. The quantitative estimate of drug-likeness (QED) is 0.776. The number of hydrogen-bond donors (Lipinski definition) is 1. The number of benzene rings is 1. The topological polar surface area (TPSA) is 68.1 Å². The lowest BCUT2D eigenvalue weighted by molar-refractivity contribution is -0.925. The molecule has 0 radical (unpaired) electrons. The molecule has 0 unspecified atom stereocenters. The van der Waals surface area contributed by atoms with Gasteiger partial charge in [-0.25, -0.2) is 8.42 Å². The number of hydrogen-bond acceptors (Lipinski definition) is 4. The largest absolute Gasteiger partial charge is 0.484 e. The van der Waals surface area contributed by atoms with E-state index in [0.29, 0.717) is 30.3 Å². The van der Waals surface area contributed by atoms with Crippen LogP contribution in [0.4, 0.5) is 0 Å². The smallest absolute Gasteiger partial charge is 0.260 e. The van der Waals surface area contributed by atoms with Crippen LogP contribution in [-0.4, -0.2) is 69.6 Å². The Bertz CT molecular complexity index is 696. The van der Waals surface area contributed by atoms with Crippen molar-refractivity contribution in [2.24, 2.45) is 0 Å². The van der Waals surface area contributed by atoms with E-state index in [-0.39, 0.29) is 18.6 Å². The minimum atomic E-state index is -2.84. The molecular weight excluding hydrogens is 328 g/mol. The zero-order chi connectivity index (χ0) is 17.2.